The summed E-state index contributed by atoms with van der Waals surface area (Å²) in [6, 6.07) is 8.69. The quantitative estimate of drug-likeness (QED) is 0.336. The first kappa shape index (κ1) is 24.0. The largest absolute Gasteiger partial charge is 0.460 e. The molecule has 0 N–H and O–H groups in total. The Labute approximate surface area is 164 Å². The molecule has 1 aromatic carbocycles. The second-order valence-electron chi connectivity index (χ2n) is 6.68. The van der Waals surface area contributed by atoms with E-state index in [1.807, 2.05) is 6.07 Å². The summed E-state index contributed by atoms with van der Waals surface area (Å²) in [4.78, 5) is 12.7. The summed E-state index contributed by atoms with van der Waals surface area (Å²) < 4.78 is 51.8. The maximum Gasteiger partial charge on any atom is 0.432 e. The molecule has 7 heteroatoms. The lowest BCUT2D eigenvalue weighted by molar-refractivity contribution is -0.278. The average molecular weight is 399 g/mol. The second kappa shape index (κ2) is 11.7. The fourth-order valence-electron chi connectivity index (χ4n) is 3.08. The summed E-state index contributed by atoms with van der Waals surface area (Å²) in [7, 11) is 0.844. The Morgan fingerprint density at radius 2 is 1.75 bits per heavy atom. The number of nitrogens with zero attached hydrogens (tertiary/aromatic N) is 1. The summed E-state index contributed by atoms with van der Waals surface area (Å²) in [6.45, 7) is 2.09. The molecule has 0 radical (unpaired) electrons. The number of methoxy groups -OCH3 is 1. The first-order valence-electron chi connectivity index (χ1n) is 9.58. The van der Waals surface area contributed by atoms with Gasteiger partial charge in [-0.2, -0.15) is 18.4 Å². The minimum absolute atomic E-state index is 0.101. The van der Waals surface area contributed by atoms with Gasteiger partial charge in [0.1, 0.15) is 6.10 Å². The standard InChI is InChI=1S/C21H28F3NO3/c1-3-4-5-6-10-14-18(15-11-16-25)28-19(26)20(27-2,21(22,23)24)17-12-8-7-9-13-17/h7-9,12-13,18H,3-6,10-11,14-15H2,1-2H3/t18-,20?/m1/s1. The van der Waals surface area contributed by atoms with Gasteiger partial charge in [-0.05, 0) is 19.3 Å². The lowest BCUT2D eigenvalue weighted by atomic mass is 9.92. The van der Waals surface area contributed by atoms with Crippen molar-refractivity contribution < 1.29 is 27.4 Å². The molecule has 0 aromatic heterocycles. The van der Waals surface area contributed by atoms with Crippen LogP contribution in [0.25, 0.3) is 0 Å². The maximum atomic E-state index is 13.9. The van der Waals surface area contributed by atoms with Crippen LogP contribution < -0.4 is 0 Å². The highest BCUT2D eigenvalue weighted by Gasteiger charge is 2.64. The van der Waals surface area contributed by atoms with Crippen LogP contribution in [-0.2, 0) is 19.9 Å². The van der Waals surface area contributed by atoms with Gasteiger partial charge in [-0.3, -0.25) is 0 Å². The zero-order valence-electron chi connectivity index (χ0n) is 16.4. The molecule has 0 spiro atoms. The molecule has 0 heterocycles. The fourth-order valence-corrected chi connectivity index (χ4v) is 3.08. The van der Waals surface area contributed by atoms with Crippen molar-refractivity contribution in [3.05, 3.63) is 35.9 Å². The normalized spacial score (nSPS) is 14.7. The molecule has 0 saturated carbocycles. The molecule has 0 aliphatic rings. The van der Waals surface area contributed by atoms with E-state index in [-0.39, 0.29) is 18.4 Å². The van der Waals surface area contributed by atoms with E-state index in [0.29, 0.717) is 6.42 Å². The first-order valence-corrected chi connectivity index (χ1v) is 9.58. The first-order chi connectivity index (χ1) is 13.3. The molecule has 0 fully saturated rings. The summed E-state index contributed by atoms with van der Waals surface area (Å²) in [5, 5.41) is 8.81. The van der Waals surface area contributed by atoms with Crippen LogP contribution in [0, 0.1) is 11.3 Å². The number of hydrogen-bond acceptors (Lipinski definition) is 4. The SMILES string of the molecule is CCCCCCC[C@H](CCC#N)OC(=O)C(OC)(c1ccccc1)C(F)(F)F. The van der Waals surface area contributed by atoms with Gasteiger partial charge >= 0.3 is 12.1 Å². The molecule has 0 aliphatic heterocycles. The third-order valence-electron chi connectivity index (χ3n) is 4.65. The van der Waals surface area contributed by atoms with Gasteiger partial charge in [0.25, 0.3) is 5.60 Å². The molecule has 156 valence electrons. The van der Waals surface area contributed by atoms with Crippen LogP contribution in [0.1, 0.15) is 63.9 Å². The molecule has 1 rings (SSSR count). The van der Waals surface area contributed by atoms with Crippen molar-refractivity contribution in [1.29, 1.82) is 5.26 Å². The van der Waals surface area contributed by atoms with Gasteiger partial charge in [-0.15, -0.1) is 0 Å². The number of hydrogen-bond donors (Lipinski definition) is 0. The van der Waals surface area contributed by atoms with E-state index in [1.165, 1.54) is 24.3 Å². The van der Waals surface area contributed by atoms with Crippen LogP contribution in [0.3, 0.4) is 0 Å². The van der Waals surface area contributed by atoms with Gasteiger partial charge in [0.15, 0.2) is 0 Å². The van der Waals surface area contributed by atoms with E-state index in [1.54, 1.807) is 6.07 Å². The summed E-state index contributed by atoms with van der Waals surface area (Å²) >= 11 is 0. The topological polar surface area (TPSA) is 59.3 Å². The molecule has 0 amide bonds. The van der Waals surface area contributed by atoms with E-state index in [9.17, 15) is 18.0 Å². The maximum absolute atomic E-state index is 13.9. The zero-order chi connectivity index (χ0) is 21.0. The van der Waals surface area contributed by atoms with Crippen LogP contribution in [0.4, 0.5) is 13.2 Å². The van der Waals surface area contributed by atoms with Gasteiger partial charge in [0, 0.05) is 19.1 Å². The lowest BCUT2D eigenvalue weighted by Crippen LogP contribution is -2.52. The second-order valence-corrected chi connectivity index (χ2v) is 6.68. The van der Waals surface area contributed by atoms with Gasteiger partial charge in [0.2, 0.25) is 0 Å². The number of unbranched alkanes of at least 4 members (excludes halogenated alkanes) is 4. The Bertz CT molecular complexity index is 628. The average Bonchev–Trinajstić information content (AvgIpc) is 2.66. The number of ether oxygens (including phenoxy) is 2. The third kappa shape index (κ3) is 6.23. The molecule has 0 bridgehead atoms. The summed E-state index contributed by atoms with van der Waals surface area (Å²) in [5.41, 5.74) is -3.53. The number of carbonyl (C=O) groups is 1. The summed E-state index contributed by atoms with van der Waals surface area (Å²) in [5.74, 6) is -1.50. The Hall–Kier alpha value is -2.07. The Balaban J connectivity index is 3.00. The predicted octanol–water partition coefficient (Wildman–Crippen LogP) is 5.67. The Morgan fingerprint density at radius 1 is 1.11 bits per heavy atom. The molecule has 2 atom stereocenters. The zero-order valence-corrected chi connectivity index (χ0v) is 16.4. The molecular formula is C21H28F3NO3. The lowest BCUT2D eigenvalue weighted by Gasteiger charge is -2.33. The fraction of sp³-hybridized carbons (Fsp3) is 0.619. The van der Waals surface area contributed by atoms with Crippen LogP contribution in [0.2, 0.25) is 0 Å². The number of esters is 1. The molecule has 0 saturated heterocycles. The van der Waals surface area contributed by atoms with Gasteiger partial charge in [-0.1, -0.05) is 62.9 Å². The molecule has 1 unspecified atom stereocenters. The van der Waals surface area contributed by atoms with Crippen molar-refractivity contribution >= 4 is 5.97 Å². The summed E-state index contributed by atoms with van der Waals surface area (Å²) in [6.07, 6.45) is -0.234. The monoisotopic (exact) mass is 399 g/mol. The number of halogens is 3. The van der Waals surface area contributed by atoms with Gasteiger partial charge < -0.3 is 9.47 Å². The van der Waals surface area contributed by atoms with Crippen LogP contribution in [-0.4, -0.2) is 25.4 Å². The minimum atomic E-state index is -5.00. The number of nitriles is 1. The van der Waals surface area contributed by atoms with Gasteiger partial charge in [-0.25, -0.2) is 4.79 Å². The van der Waals surface area contributed by atoms with E-state index < -0.39 is 23.9 Å². The molecule has 28 heavy (non-hydrogen) atoms. The molecule has 0 aliphatic carbocycles. The van der Waals surface area contributed by atoms with Crippen molar-refractivity contribution in [1.82, 2.24) is 0 Å². The van der Waals surface area contributed by atoms with Crippen molar-refractivity contribution in [3.8, 4) is 6.07 Å². The minimum Gasteiger partial charge on any atom is -0.460 e. The number of alkyl halides is 3. The van der Waals surface area contributed by atoms with E-state index in [2.05, 4.69) is 6.92 Å². The molecular weight excluding hydrogens is 371 g/mol. The Morgan fingerprint density at radius 3 is 2.29 bits per heavy atom. The third-order valence-corrected chi connectivity index (χ3v) is 4.65. The number of benzene rings is 1. The smallest absolute Gasteiger partial charge is 0.432 e. The predicted molar refractivity (Wildman–Crippen MR) is 99.3 cm³/mol. The molecule has 4 nitrogen and oxygen atoms in total. The van der Waals surface area contributed by atoms with Crippen LogP contribution in [0.15, 0.2) is 30.3 Å². The highest BCUT2D eigenvalue weighted by atomic mass is 19.4. The van der Waals surface area contributed by atoms with Crippen LogP contribution in [0.5, 0.6) is 0 Å². The van der Waals surface area contributed by atoms with Crippen molar-refractivity contribution in [2.24, 2.45) is 0 Å². The van der Waals surface area contributed by atoms with Crippen molar-refractivity contribution in [2.45, 2.75) is 76.2 Å². The molecule has 1 aromatic rings. The van der Waals surface area contributed by atoms with E-state index in [0.717, 1.165) is 39.2 Å². The van der Waals surface area contributed by atoms with Crippen LogP contribution >= 0.6 is 0 Å². The highest BCUT2D eigenvalue weighted by molar-refractivity contribution is 5.82. The van der Waals surface area contributed by atoms with Crippen molar-refractivity contribution in [2.75, 3.05) is 7.11 Å². The van der Waals surface area contributed by atoms with Crippen molar-refractivity contribution in [3.63, 3.8) is 0 Å². The van der Waals surface area contributed by atoms with Gasteiger partial charge in [0.05, 0.1) is 6.07 Å². The Kier molecular flexibility index (Phi) is 10.0. The number of carbonyl (C=O) groups excluding carboxylic acids is 1. The highest BCUT2D eigenvalue weighted by Crippen LogP contribution is 2.43. The number of rotatable bonds is 12. The van der Waals surface area contributed by atoms with E-state index in [4.69, 9.17) is 14.7 Å². The van der Waals surface area contributed by atoms with E-state index >= 15 is 0 Å².